The number of nitrogens with one attached hydrogen (secondary N) is 1. The van der Waals surface area contributed by atoms with Crippen LogP contribution >= 0.6 is 11.9 Å². The third-order valence-electron chi connectivity index (χ3n) is 2.69. The summed E-state index contributed by atoms with van der Waals surface area (Å²) in [4.78, 5) is 21.6. The number of hydrogen-bond donors (Lipinski definition) is 2. The van der Waals surface area contributed by atoms with Gasteiger partial charge in [-0.2, -0.15) is 0 Å². The van der Waals surface area contributed by atoms with Crippen molar-refractivity contribution in [2.45, 2.75) is 4.90 Å². The molecule has 2 rings (SSSR count). The van der Waals surface area contributed by atoms with E-state index in [2.05, 4.69) is 4.72 Å². The topological polar surface area (TPSA) is 98.3 Å². The second-order valence-corrected chi connectivity index (χ2v) is 5.19. The lowest BCUT2D eigenvalue weighted by Gasteiger charge is -2.05. The van der Waals surface area contributed by atoms with Crippen LogP contribution in [0.2, 0.25) is 0 Å². The van der Waals surface area contributed by atoms with Crippen molar-refractivity contribution in [3.05, 3.63) is 70.3 Å². The third kappa shape index (κ3) is 4.64. The predicted molar refractivity (Wildman–Crippen MR) is 87.2 cm³/mol. The molecule has 0 saturated carbocycles. The molecule has 22 heavy (non-hydrogen) atoms. The van der Waals surface area contributed by atoms with Crippen molar-refractivity contribution in [2.75, 3.05) is 4.72 Å². The molecule has 0 aliphatic carbocycles. The monoisotopic (exact) mass is 315 g/mol. The Morgan fingerprint density at radius 1 is 1.14 bits per heavy atom. The van der Waals surface area contributed by atoms with Crippen molar-refractivity contribution in [1.82, 2.24) is 0 Å². The molecular formula is C15H13N3O3S. The van der Waals surface area contributed by atoms with Crippen LogP contribution in [0.5, 0.6) is 0 Å². The zero-order valence-corrected chi connectivity index (χ0v) is 12.2. The summed E-state index contributed by atoms with van der Waals surface area (Å²) in [5, 5.41) is 10.6. The number of carbonyl (C=O) groups excluding carboxylic acids is 1. The number of benzene rings is 2. The van der Waals surface area contributed by atoms with Gasteiger partial charge in [0.15, 0.2) is 0 Å². The molecule has 0 spiro atoms. The molecule has 0 fully saturated rings. The largest absolute Gasteiger partial charge is 0.366 e. The molecule has 7 heteroatoms. The van der Waals surface area contributed by atoms with Crippen molar-refractivity contribution >= 4 is 35.3 Å². The van der Waals surface area contributed by atoms with Gasteiger partial charge in [0.25, 0.3) is 5.69 Å². The maximum atomic E-state index is 10.6. The molecule has 2 aromatic carbocycles. The van der Waals surface area contributed by atoms with E-state index in [9.17, 15) is 14.9 Å². The van der Waals surface area contributed by atoms with Crippen molar-refractivity contribution in [2.24, 2.45) is 5.73 Å². The summed E-state index contributed by atoms with van der Waals surface area (Å²) in [6.07, 6.45) is 2.93. The number of hydrogen-bond acceptors (Lipinski definition) is 5. The summed E-state index contributed by atoms with van der Waals surface area (Å²) in [6.45, 7) is 0. The number of primary amides is 1. The molecule has 3 N–H and O–H groups in total. The Labute approximate surface area is 131 Å². The van der Waals surface area contributed by atoms with Crippen molar-refractivity contribution in [3.8, 4) is 0 Å². The molecule has 0 unspecified atom stereocenters. The maximum absolute atomic E-state index is 10.6. The number of nitrogens with two attached hydrogens (primary N) is 1. The summed E-state index contributed by atoms with van der Waals surface area (Å²) in [5.74, 6) is -0.490. The smallest absolute Gasteiger partial charge is 0.269 e. The van der Waals surface area contributed by atoms with Gasteiger partial charge in [-0.3, -0.25) is 14.9 Å². The van der Waals surface area contributed by atoms with Crippen LogP contribution in [-0.2, 0) is 4.79 Å². The van der Waals surface area contributed by atoms with E-state index in [1.54, 1.807) is 18.2 Å². The Bertz CT molecular complexity index is 697. The third-order valence-corrected chi connectivity index (χ3v) is 3.53. The summed E-state index contributed by atoms with van der Waals surface area (Å²) >= 11 is 1.35. The number of carbonyl (C=O) groups is 1. The summed E-state index contributed by atoms with van der Waals surface area (Å²) < 4.78 is 3.13. The number of nitrogens with zero attached hydrogens (tertiary/aromatic N) is 1. The van der Waals surface area contributed by atoms with Gasteiger partial charge in [-0.1, -0.05) is 12.1 Å². The summed E-state index contributed by atoms with van der Waals surface area (Å²) in [7, 11) is 0. The molecule has 0 aliphatic rings. The Balaban J connectivity index is 1.94. The van der Waals surface area contributed by atoms with Gasteiger partial charge in [0.1, 0.15) is 0 Å². The predicted octanol–water partition coefficient (Wildman–Crippen LogP) is 3.21. The highest BCUT2D eigenvalue weighted by Crippen LogP contribution is 2.23. The van der Waals surface area contributed by atoms with E-state index in [0.717, 1.165) is 16.1 Å². The first-order valence-corrected chi connectivity index (χ1v) is 7.11. The summed E-state index contributed by atoms with van der Waals surface area (Å²) in [6, 6.07) is 13.7. The van der Waals surface area contributed by atoms with E-state index < -0.39 is 10.8 Å². The maximum Gasteiger partial charge on any atom is 0.269 e. The lowest BCUT2D eigenvalue weighted by atomic mass is 10.2. The van der Waals surface area contributed by atoms with Gasteiger partial charge >= 0.3 is 0 Å². The van der Waals surface area contributed by atoms with Gasteiger partial charge < -0.3 is 10.5 Å². The van der Waals surface area contributed by atoms with Gasteiger partial charge in [-0.05, 0) is 47.9 Å². The zero-order valence-electron chi connectivity index (χ0n) is 11.4. The second kappa shape index (κ2) is 7.28. The molecular weight excluding hydrogens is 302 g/mol. The molecule has 0 aliphatic heterocycles. The van der Waals surface area contributed by atoms with Crippen LogP contribution in [0.25, 0.3) is 6.08 Å². The van der Waals surface area contributed by atoms with E-state index in [0.29, 0.717) is 0 Å². The van der Waals surface area contributed by atoms with E-state index >= 15 is 0 Å². The van der Waals surface area contributed by atoms with E-state index in [-0.39, 0.29) is 5.69 Å². The highest BCUT2D eigenvalue weighted by molar-refractivity contribution is 8.00. The minimum atomic E-state index is -0.490. The average molecular weight is 315 g/mol. The molecule has 0 saturated heterocycles. The highest BCUT2D eigenvalue weighted by atomic mass is 32.2. The highest BCUT2D eigenvalue weighted by Gasteiger charge is 2.04. The Hall–Kier alpha value is -2.80. The lowest BCUT2D eigenvalue weighted by Crippen LogP contribution is -2.05. The molecule has 0 heterocycles. The Morgan fingerprint density at radius 3 is 2.32 bits per heavy atom. The molecule has 0 aromatic heterocycles. The number of rotatable bonds is 6. The van der Waals surface area contributed by atoms with Crippen LogP contribution in [0.15, 0.2) is 59.5 Å². The van der Waals surface area contributed by atoms with Crippen molar-refractivity contribution in [3.63, 3.8) is 0 Å². The number of nitro benzene ring substituents is 1. The van der Waals surface area contributed by atoms with Gasteiger partial charge in [0, 0.05) is 28.8 Å². The fourth-order valence-electron chi connectivity index (χ4n) is 1.59. The van der Waals surface area contributed by atoms with Gasteiger partial charge in [-0.25, -0.2) is 0 Å². The molecule has 0 atom stereocenters. The second-order valence-electron chi connectivity index (χ2n) is 4.31. The van der Waals surface area contributed by atoms with Crippen LogP contribution in [0, 0.1) is 10.1 Å². The first-order chi connectivity index (χ1) is 10.5. The average Bonchev–Trinajstić information content (AvgIpc) is 2.52. The Kier molecular flexibility index (Phi) is 5.16. The standard InChI is InChI=1S/C15H13N3O3S/c16-15(19)10-3-11-1-4-12(5-2-11)17-22-14-8-6-13(7-9-14)18(20)21/h1-10,17H,(H2,16,19)/b10-3+. The Morgan fingerprint density at radius 2 is 1.77 bits per heavy atom. The van der Waals surface area contributed by atoms with Gasteiger partial charge in [0.05, 0.1) is 4.92 Å². The van der Waals surface area contributed by atoms with Crippen LogP contribution in [0.3, 0.4) is 0 Å². The number of nitro groups is 1. The normalized spacial score (nSPS) is 10.5. The molecule has 112 valence electrons. The quantitative estimate of drug-likeness (QED) is 0.369. The fraction of sp³-hybridized carbons (Fsp3) is 0. The fourth-order valence-corrected chi connectivity index (χ4v) is 2.24. The number of non-ortho nitro benzene ring substituents is 1. The van der Waals surface area contributed by atoms with Crippen LogP contribution < -0.4 is 10.5 Å². The van der Waals surface area contributed by atoms with E-state index in [4.69, 9.17) is 5.73 Å². The lowest BCUT2D eigenvalue weighted by molar-refractivity contribution is -0.384. The van der Waals surface area contributed by atoms with Crippen molar-refractivity contribution < 1.29 is 9.72 Å². The first kappa shape index (κ1) is 15.6. The number of amides is 1. The SMILES string of the molecule is NC(=O)/C=C/c1ccc(NSc2ccc([N+](=O)[O-])cc2)cc1. The molecule has 6 nitrogen and oxygen atoms in total. The molecule has 2 aromatic rings. The molecule has 1 amide bonds. The molecule has 0 radical (unpaired) electrons. The zero-order chi connectivity index (χ0) is 15.9. The van der Waals surface area contributed by atoms with Crippen molar-refractivity contribution in [1.29, 1.82) is 0 Å². The molecule has 0 bridgehead atoms. The summed E-state index contributed by atoms with van der Waals surface area (Å²) in [5.41, 5.74) is 6.83. The van der Waals surface area contributed by atoms with Gasteiger partial charge in [-0.15, -0.1) is 0 Å². The van der Waals surface area contributed by atoms with E-state index in [1.165, 1.54) is 30.2 Å². The van der Waals surface area contributed by atoms with Gasteiger partial charge in [0.2, 0.25) is 5.91 Å². The van der Waals surface area contributed by atoms with Crippen LogP contribution in [0.1, 0.15) is 5.56 Å². The van der Waals surface area contributed by atoms with E-state index in [1.807, 2.05) is 24.3 Å². The minimum Gasteiger partial charge on any atom is -0.366 e. The van der Waals surface area contributed by atoms with Crippen LogP contribution in [0.4, 0.5) is 11.4 Å². The first-order valence-electron chi connectivity index (χ1n) is 6.29. The number of anilines is 1. The minimum absolute atomic E-state index is 0.0648. The van der Waals surface area contributed by atoms with Crippen LogP contribution in [-0.4, -0.2) is 10.8 Å².